The lowest BCUT2D eigenvalue weighted by Gasteiger charge is -2.31. The lowest BCUT2D eigenvalue weighted by atomic mass is 10.1. The van der Waals surface area contributed by atoms with Gasteiger partial charge in [0.1, 0.15) is 0 Å². The maximum absolute atomic E-state index is 2.66. The van der Waals surface area contributed by atoms with E-state index in [4.69, 9.17) is 0 Å². The molecule has 128 valence electrons. The molecule has 0 aromatic heterocycles. The van der Waals surface area contributed by atoms with Crippen molar-refractivity contribution < 1.29 is 4.90 Å². The second-order valence-electron chi connectivity index (χ2n) is 6.92. The molecule has 2 nitrogen and oxygen atoms in total. The quantitative estimate of drug-likeness (QED) is 0.785. The predicted octanol–water partition coefficient (Wildman–Crippen LogP) is 2.98. The fourth-order valence-electron chi connectivity index (χ4n) is 4.00. The van der Waals surface area contributed by atoms with Crippen molar-refractivity contribution in [1.29, 1.82) is 0 Å². The van der Waals surface area contributed by atoms with Gasteiger partial charge in [0.25, 0.3) is 0 Å². The molecule has 0 bridgehead atoms. The van der Waals surface area contributed by atoms with Crippen molar-refractivity contribution in [2.45, 2.75) is 39.2 Å². The maximum Gasteiger partial charge on any atom is 0.0787 e. The number of benzene rings is 2. The van der Waals surface area contributed by atoms with Gasteiger partial charge in [0, 0.05) is 24.7 Å². The number of hydrogen-bond donors (Lipinski definition) is 1. The Bertz CT molecular complexity index is 594. The molecular weight excluding hydrogens is 292 g/mol. The van der Waals surface area contributed by atoms with Crippen LogP contribution in [0.5, 0.6) is 0 Å². The number of hydrogen-bond acceptors (Lipinski definition) is 1. The molecule has 1 N–H and O–H groups in total. The van der Waals surface area contributed by atoms with Crippen LogP contribution in [0.3, 0.4) is 0 Å². The van der Waals surface area contributed by atoms with E-state index in [-0.39, 0.29) is 0 Å². The third-order valence-corrected chi connectivity index (χ3v) is 5.49. The Balaban J connectivity index is 1.70. The van der Waals surface area contributed by atoms with E-state index < -0.39 is 0 Å². The first kappa shape index (κ1) is 17.0. The SMILES string of the molecule is CC[NH+](CC)CCCN(c1ccccc1)C1Cc2ccccc2C1. The molecule has 0 heterocycles. The average molecular weight is 324 g/mol. The molecule has 1 aliphatic carbocycles. The summed E-state index contributed by atoms with van der Waals surface area (Å²) in [6, 6.07) is 20.6. The van der Waals surface area contributed by atoms with Crippen molar-refractivity contribution in [2.24, 2.45) is 0 Å². The summed E-state index contributed by atoms with van der Waals surface area (Å²) in [6.45, 7) is 9.48. The first-order chi connectivity index (χ1) is 11.8. The van der Waals surface area contributed by atoms with Crippen molar-refractivity contribution in [3.8, 4) is 0 Å². The normalized spacial score (nSPS) is 14.1. The van der Waals surface area contributed by atoms with E-state index in [1.54, 1.807) is 4.90 Å². The standard InChI is InChI=1S/C22H30N2/c1-3-23(4-2)15-10-16-24(21-13-6-5-7-14-21)22-17-19-11-8-9-12-20(19)18-22/h5-9,11-14,22H,3-4,10,15-18H2,1-2H3/p+1. The summed E-state index contributed by atoms with van der Waals surface area (Å²) >= 11 is 0. The lowest BCUT2D eigenvalue weighted by Crippen LogP contribution is -3.11. The van der Waals surface area contributed by atoms with Crippen molar-refractivity contribution in [3.63, 3.8) is 0 Å². The smallest absolute Gasteiger partial charge is 0.0787 e. The van der Waals surface area contributed by atoms with Gasteiger partial charge in [-0.2, -0.15) is 0 Å². The van der Waals surface area contributed by atoms with Crippen LogP contribution in [0, 0.1) is 0 Å². The molecule has 0 unspecified atom stereocenters. The highest BCUT2D eigenvalue weighted by atomic mass is 15.2. The minimum Gasteiger partial charge on any atom is -0.368 e. The molecule has 0 radical (unpaired) electrons. The fourth-order valence-corrected chi connectivity index (χ4v) is 4.00. The van der Waals surface area contributed by atoms with Gasteiger partial charge >= 0.3 is 0 Å². The predicted molar refractivity (Wildman–Crippen MR) is 103 cm³/mol. The topological polar surface area (TPSA) is 7.68 Å². The molecule has 1 aliphatic rings. The summed E-state index contributed by atoms with van der Waals surface area (Å²) in [4.78, 5) is 4.36. The van der Waals surface area contributed by atoms with Gasteiger partial charge in [-0.25, -0.2) is 0 Å². The van der Waals surface area contributed by atoms with Crippen LogP contribution < -0.4 is 9.80 Å². The molecule has 0 aliphatic heterocycles. The van der Waals surface area contributed by atoms with E-state index in [9.17, 15) is 0 Å². The lowest BCUT2D eigenvalue weighted by molar-refractivity contribution is -0.896. The fraction of sp³-hybridized carbons (Fsp3) is 0.455. The number of nitrogens with one attached hydrogen (secondary N) is 1. The largest absolute Gasteiger partial charge is 0.368 e. The van der Waals surface area contributed by atoms with Crippen LogP contribution >= 0.6 is 0 Å². The number of rotatable bonds is 8. The monoisotopic (exact) mass is 323 g/mol. The Morgan fingerprint density at radius 2 is 1.46 bits per heavy atom. The molecule has 0 atom stereocenters. The molecule has 3 rings (SSSR count). The van der Waals surface area contributed by atoms with E-state index in [1.165, 1.54) is 55.7 Å². The maximum atomic E-state index is 2.66. The molecule has 0 spiro atoms. The van der Waals surface area contributed by atoms with E-state index in [0.29, 0.717) is 6.04 Å². The molecule has 2 aromatic carbocycles. The van der Waals surface area contributed by atoms with Crippen LogP contribution in [0.4, 0.5) is 5.69 Å². The Kier molecular flexibility index (Phi) is 5.92. The summed E-state index contributed by atoms with van der Waals surface area (Å²) in [5.74, 6) is 0. The molecule has 0 saturated carbocycles. The first-order valence-electron chi connectivity index (χ1n) is 9.53. The van der Waals surface area contributed by atoms with Crippen LogP contribution in [0.1, 0.15) is 31.4 Å². The summed E-state index contributed by atoms with van der Waals surface area (Å²) < 4.78 is 0. The second kappa shape index (κ2) is 8.34. The van der Waals surface area contributed by atoms with Crippen molar-refractivity contribution in [2.75, 3.05) is 31.1 Å². The second-order valence-corrected chi connectivity index (χ2v) is 6.92. The van der Waals surface area contributed by atoms with Crippen molar-refractivity contribution in [3.05, 3.63) is 65.7 Å². The highest BCUT2D eigenvalue weighted by Crippen LogP contribution is 2.28. The van der Waals surface area contributed by atoms with Crippen LogP contribution in [0.2, 0.25) is 0 Å². The Morgan fingerprint density at radius 3 is 2.04 bits per heavy atom. The number of para-hydroxylation sites is 1. The third kappa shape index (κ3) is 3.99. The number of quaternary nitrogens is 1. The van der Waals surface area contributed by atoms with E-state index in [2.05, 4.69) is 73.3 Å². The van der Waals surface area contributed by atoms with Gasteiger partial charge in [-0.1, -0.05) is 42.5 Å². The summed E-state index contributed by atoms with van der Waals surface area (Å²) in [7, 11) is 0. The summed E-state index contributed by atoms with van der Waals surface area (Å²) in [6.07, 6.45) is 3.63. The molecule has 0 fully saturated rings. The van der Waals surface area contributed by atoms with Gasteiger partial charge in [0.2, 0.25) is 0 Å². The first-order valence-corrected chi connectivity index (χ1v) is 9.53. The number of anilines is 1. The molecule has 0 saturated heterocycles. The van der Waals surface area contributed by atoms with Crippen molar-refractivity contribution >= 4 is 5.69 Å². The third-order valence-electron chi connectivity index (χ3n) is 5.49. The Hall–Kier alpha value is -1.80. The van der Waals surface area contributed by atoms with Crippen LogP contribution in [0.15, 0.2) is 54.6 Å². The summed E-state index contributed by atoms with van der Waals surface area (Å²) in [5.41, 5.74) is 4.46. The molecule has 2 heteroatoms. The van der Waals surface area contributed by atoms with Crippen LogP contribution in [0.25, 0.3) is 0 Å². The molecular formula is C22H31N2+. The zero-order valence-corrected chi connectivity index (χ0v) is 15.2. The van der Waals surface area contributed by atoms with Crippen LogP contribution in [-0.2, 0) is 12.8 Å². The molecule has 24 heavy (non-hydrogen) atoms. The van der Waals surface area contributed by atoms with Gasteiger partial charge in [-0.15, -0.1) is 0 Å². The van der Waals surface area contributed by atoms with Gasteiger partial charge < -0.3 is 9.80 Å². The molecule has 0 amide bonds. The average Bonchev–Trinajstić information content (AvgIpc) is 3.06. The van der Waals surface area contributed by atoms with Gasteiger partial charge in [0.15, 0.2) is 0 Å². The Morgan fingerprint density at radius 1 is 0.875 bits per heavy atom. The number of fused-ring (bicyclic) bond motifs is 1. The zero-order chi connectivity index (χ0) is 16.8. The van der Waals surface area contributed by atoms with Gasteiger partial charge in [-0.05, 0) is 49.9 Å². The van der Waals surface area contributed by atoms with Crippen LogP contribution in [-0.4, -0.2) is 32.2 Å². The van der Waals surface area contributed by atoms with E-state index >= 15 is 0 Å². The van der Waals surface area contributed by atoms with E-state index in [0.717, 1.165) is 6.54 Å². The van der Waals surface area contributed by atoms with Crippen molar-refractivity contribution in [1.82, 2.24) is 0 Å². The summed E-state index contributed by atoms with van der Waals surface area (Å²) in [5, 5.41) is 0. The minimum absolute atomic E-state index is 0.608. The highest BCUT2D eigenvalue weighted by molar-refractivity contribution is 5.49. The minimum atomic E-state index is 0.608. The number of nitrogens with zero attached hydrogens (tertiary/aromatic N) is 1. The Labute approximate surface area is 147 Å². The highest BCUT2D eigenvalue weighted by Gasteiger charge is 2.26. The van der Waals surface area contributed by atoms with Gasteiger partial charge in [-0.3, -0.25) is 0 Å². The van der Waals surface area contributed by atoms with E-state index in [1.807, 2.05) is 0 Å². The van der Waals surface area contributed by atoms with Gasteiger partial charge in [0.05, 0.1) is 19.6 Å². The molecule has 2 aromatic rings. The zero-order valence-electron chi connectivity index (χ0n) is 15.2.